The summed E-state index contributed by atoms with van der Waals surface area (Å²) in [6, 6.07) is 3.89. The lowest BCUT2D eigenvalue weighted by Crippen LogP contribution is -2.50. The smallest absolute Gasteiger partial charge is 0.419 e. The van der Waals surface area contributed by atoms with E-state index >= 15 is 0 Å². The molecule has 8 nitrogen and oxygen atoms in total. The predicted octanol–water partition coefficient (Wildman–Crippen LogP) is 3.99. The lowest BCUT2D eigenvalue weighted by atomic mass is 9.84. The highest BCUT2D eigenvalue weighted by Gasteiger charge is 2.38. The van der Waals surface area contributed by atoms with Crippen LogP contribution in [-0.4, -0.2) is 55.4 Å². The number of rotatable bonds is 11. The van der Waals surface area contributed by atoms with E-state index < -0.39 is 35.3 Å². The molecular formula is C26H33F3N4O4. The van der Waals surface area contributed by atoms with E-state index in [4.69, 9.17) is 14.9 Å². The van der Waals surface area contributed by atoms with Gasteiger partial charge in [0.2, 0.25) is 5.91 Å². The molecule has 1 aromatic carbocycles. The van der Waals surface area contributed by atoms with Crippen molar-refractivity contribution in [2.45, 2.75) is 50.7 Å². The Kier molecular flexibility index (Phi) is 10.1. The van der Waals surface area contributed by atoms with Gasteiger partial charge < -0.3 is 25.0 Å². The zero-order chi connectivity index (χ0) is 26.8. The van der Waals surface area contributed by atoms with Gasteiger partial charge in [-0.15, -0.1) is 0 Å². The average molecular weight is 523 g/mol. The van der Waals surface area contributed by atoms with Crippen molar-refractivity contribution in [2.75, 3.05) is 26.8 Å². The molecule has 0 bridgehead atoms. The Morgan fingerprint density at radius 1 is 1.24 bits per heavy atom. The monoisotopic (exact) mass is 522 g/mol. The van der Waals surface area contributed by atoms with E-state index in [1.54, 1.807) is 7.11 Å². The molecule has 3 rings (SSSR count). The molecule has 1 aliphatic heterocycles. The number of halogens is 3. The first-order valence-corrected chi connectivity index (χ1v) is 12.3. The number of amidine groups is 1. The number of para-hydroxylation sites is 1. The van der Waals surface area contributed by atoms with Crippen LogP contribution in [-0.2, 0) is 20.5 Å². The van der Waals surface area contributed by atoms with Crippen molar-refractivity contribution in [3.63, 3.8) is 0 Å². The quantitative estimate of drug-likeness (QED) is 0.232. The second kappa shape index (κ2) is 13.3. The van der Waals surface area contributed by atoms with Crippen LogP contribution in [0.4, 0.5) is 13.2 Å². The van der Waals surface area contributed by atoms with Gasteiger partial charge in [-0.25, -0.2) is 0 Å². The van der Waals surface area contributed by atoms with Crippen molar-refractivity contribution >= 4 is 17.6 Å². The second-order valence-electron chi connectivity index (χ2n) is 9.11. The normalized spacial score (nSPS) is 17.6. The number of nitrogens with one attached hydrogen (secondary N) is 3. The first-order valence-electron chi connectivity index (χ1n) is 12.3. The van der Waals surface area contributed by atoms with Gasteiger partial charge in [-0.05, 0) is 30.5 Å². The average Bonchev–Trinajstić information content (AvgIpc) is 3.22. The molecule has 0 aromatic heterocycles. The molecule has 0 spiro atoms. The maximum Gasteiger partial charge on any atom is 0.419 e. The SMILES string of the molecule is COCCN/C=C\C(=N)NC(=O)[C@H](CC1CCCCC1)N1CC(Oc2ccccc2C(F)(F)F)=CC1=O. The summed E-state index contributed by atoms with van der Waals surface area (Å²) in [6.07, 6.45) is 4.89. The minimum Gasteiger partial charge on any atom is -0.459 e. The van der Waals surface area contributed by atoms with Gasteiger partial charge >= 0.3 is 6.18 Å². The summed E-state index contributed by atoms with van der Waals surface area (Å²) in [4.78, 5) is 27.4. The third kappa shape index (κ3) is 8.34. The fourth-order valence-electron chi connectivity index (χ4n) is 4.53. The number of methoxy groups -OCH3 is 1. The number of carbonyl (C=O) groups excluding carboxylic acids is 2. The van der Waals surface area contributed by atoms with E-state index in [1.165, 1.54) is 35.4 Å². The van der Waals surface area contributed by atoms with Crippen LogP contribution in [0.5, 0.6) is 5.75 Å². The molecule has 1 aromatic rings. The number of carbonyl (C=O) groups is 2. The number of alkyl halides is 3. The van der Waals surface area contributed by atoms with Crippen molar-refractivity contribution < 1.29 is 32.2 Å². The summed E-state index contributed by atoms with van der Waals surface area (Å²) in [5, 5.41) is 13.5. The van der Waals surface area contributed by atoms with E-state index in [2.05, 4.69) is 10.6 Å². The summed E-state index contributed by atoms with van der Waals surface area (Å²) in [5.74, 6) is -1.33. The Balaban J connectivity index is 1.71. The van der Waals surface area contributed by atoms with Crippen LogP contribution in [0.2, 0.25) is 0 Å². The zero-order valence-corrected chi connectivity index (χ0v) is 20.8. The molecular weight excluding hydrogens is 489 g/mol. The van der Waals surface area contributed by atoms with Gasteiger partial charge in [0.25, 0.3) is 5.91 Å². The van der Waals surface area contributed by atoms with Crippen molar-refractivity contribution in [3.05, 3.63) is 53.9 Å². The second-order valence-corrected chi connectivity index (χ2v) is 9.11. The topological polar surface area (TPSA) is 104 Å². The number of amides is 2. The van der Waals surface area contributed by atoms with Crippen molar-refractivity contribution in [3.8, 4) is 5.75 Å². The molecule has 0 saturated heterocycles. The molecule has 3 N–H and O–H groups in total. The maximum absolute atomic E-state index is 13.4. The van der Waals surface area contributed by atoms with E-state index in [0.717, 1.165) is 44.2 Å². The Hall–Kier alpha value is -3.34. The Labute approximate surface area is 214 Å². The van der Waals surface area contributed by atoms with E-state index in [-0.39, 0.29) is 24.1 Å². The molecule has 2 aliphatic rings. The molecule has 1 aliphatic carbocycles. The lowest BCUT2D eigenvalue weighted by Gasteiger charge is -2.31. The highest BCUT2D eigenvalue weighted by atomic mass is 19.4. The lowest BCUT2D eigenvalue weighted by molar-refractivity contribution is -0.138. The van der Waals surface area contributed by atoms with Crippen LogP contribution in [0.25, 0.3) is 0 Å². The fraction of sp³-hybridized carbons (Fsp3) is 0.500. The summed E-state index contributed by atoms with van der Waals surface area (Å²) in [6.45, 7) is 0.875. The molecule has 37 heavy (non-hydrogen) atoms. The summed E-state index contributed by atoms with van der Waals surface area (Å²) < 4.78 is 50.5. The van der Waals surface area contributed by atoms with Gasteiger partial charge in [-0.1, -0.05) is 44.2 Å². The number of hydrogen-bond donors (Lipinski definition) is 3. The van der Waals surface area contributed by atoms with Gasteiger partial charge in [-0.2, -0.15) is 13.2 Å². The number of benzene rings is 1. The van der Waals surface area contributed by atoms with Gasteiger partial charge in [0, 0.05) is 25.9 Å². The van der Waals surface area contributed by atoms with Crippen LogP contribution in [0, 0.1) is 11.3 Å². The molecule has 1 atom stereocenters. The molecule has 202 valence electrons. The Bertz CT molecular complexity index is 1020. The van der Waals surface area contributed by atoms with Gasteiger partial charge in [0.1, 0.15) is 23.4 Å². The summed E-state index contributed by atoms with van der Waals surface area (Å²) >= 11 is 0. The van der Waals surface area contributed by atoms with Crippen LogP contribution < -0.4 is 15.4 Å². The molecule has 11 heteroatoms. The number of hydrogen-bond acceptors (Lipinski definition) is 6. The third-order valence-electron chi connectivity index (χ3n) is 6.36. The molecule has 0 radical (unpaired) electrons. The van der Waals surface area contributed by atoms with Crippen molar-refractivity contribution in [1.29, 1.82) is 5.41 Å². The number of nitrogens with zero attached hydrogens (tertiary/aromatic N) is 1. The number of ether oxygens (including phenoxy) is 2. The van der Waals surface area contributed by atoms with E-state index in [0.29, 0.717) is 19.6 Å². The third-order valence-corrected chi connectivity index (χ3v) is 6.36. The van der Waals surface area contributed by atoms with Crippen molar-refractivity contribution in [1.82, 2.24) is 15.5 Å². The molecule has 1 saturated carbocycles. The molecule has 1 fully saturated rings. The van der Waals surface area contributed by atoms with Crippen LogP contribution >= 0.6 is 0 Å². The molecule has 2 amide bonds. The molecule has 1 heterocycles. The maximum atomic E-state index is 13.4. The predicted molar refractivity (Wildman–Crippen MR) is 132 cm³/mol. The Morgan fingerprint density at radius 3 is 2.68 bits per heavy atom. The molecule has 0 unspecified atom stereocenters. The van der Waals surface area contributed by atoms with Crippen LogP contribution in [0.15, 0.2) is 48.4 Å². The Morgan fingerprint density at radius 2 is 1.97 bits per heavy atom. The highest BCUT2D eigenvalue weighted by Crippen LogP contribution is 2.37. The first-order chi connectivity index (χ1) is 17.7. The largest absolute Gasteiger partial charge is 0.459 e. The van der Waals surface area contributed by atoms with E-state index in [9.17, 15) is 22.8 Å². The van der Waals surface area contributed by atoms with Gasteiger partial charge in [0.05, 0.1) is 18.7 Å². The van der Waals surface area contributed by atoms with Gasteiger partial charge in [0.15, 0.2) is 0 Å². The van der Waals surface area contributed by atoms with Crippen molar-refractivity contribution in [2.24, 2.45) is 5.92 Å². The van der Waals surface area contributed by atoms with Gasteiger partial charge in [-0.3, -0.25) is 15.0 Å². The minimum absolute atomic E-state index is 0.0282. The summed E-state index contributed by atoms with van der Waals surface area (Å²) in [5.41, 5.74) is -0.947. The zero-order valence-electron chi connectivity index (χ0n) is 20.8. The van der Waals surface area contributed by atoms with Crippen LogP contribution in [0.3, 0.4) is 0 Å². The standard InChI is InChI=1S/C26H33F3N4O4/c1-36-14-13-31-12-11-23(30)32-25(35)21(15-18-7-3-2-4-8-18)33-17-19(16-24(33)34)37-22-10-6-5-9-20(22)26(27,28)29/h5-6,9-12,16,18,21,31H,2-4,7-8,13-15,17H2,1H3,(H2,30,32,35)/b12-11-/t21-/m0/s1. The minimum atomic E-state index is -4.62. The van der Waals surface area contributed by atoms with E-state index in [1.807, 2.05) is 0 Å². The first kappa shape index (κ1) is 28.2. The highest BCUT2D eigenvalue weighted by molar-refractivity contribution is 6.05. The van der Waals surface area contributed by atoms with Crippen LogP contribution in [0.1, 0.15) is 44.1 Å². The summed E-state index contributed by atoms with van der Waals surface area (Å²) in [7, 11) is 1.57. The fourth-order valence-corrected chi connectivity index (χ4v) is 4.53.